The summed E-state index contributed by atoms with van der Waals surface area (Å²) in [6.07, 6.45) is 3.27. The smallest absolute Gasteiger partial charge is 0.304 e. The second-order valence-corrected chi connectivity index (χ2v) is 11.4. The maximum Gasteiger partial charge on any atom is 0.304 e. The molecule has 0 radical (unpaired) electrons. The Morgan fingerprint density at radius 1 is 1.04 bits per heavy atom. The minimum absolute atomic E-state index is 0.0136. The SMILES string of the molecule is CC(Cn1cnnn1)Oc1cc(-c2cnc(Nc3cn(C4CCN(C5CCOCC5)CC4)nc3OC(F)C(F)F)nc2)ccc1C#N. The lowest BCUT2D eigenvalue weighted by molar-refractivity contribution is -0.0690. The molecule has 0 spiro atoms. The molecule has 248 valence electrons. The minimum Gasteiger partial charge on any atom is -0.487 e. The summed E-state index contributed by atoms with van der Waals surface area (Å²) >= 11 is 0. The van der Waals surface area contributed by atoms with Crippen LogP contribution in [0, 0.1) is 11.3 Å². The van der Waals surface area contributed by atoms with Crippen LogP contribution in [-0.2, 0) is 11.3 Å². The Kier molecular flexibility index (Phi) is 10.1. The molecule has 5 heterocycles. The van der Waals surface area contributed by atoms with E-state index in [0.29, 0.717) is 35.0 Å². The van der Waals surface area contributed by atoms with Gasteiger partial charge in [-0.1, -0.05) is 6.07 Å². The van der Waals surface area contributed by atoms with Crippen molar-refractivity contribution in [3.05, 3.63) is 48.7 Å². The number of aromatic nitrogens is 8. The molecule has 14 nitrogen and oxygen atoms in total. The molecule has 2 saturated heterocycles. The number of anilines is 2. The van der Waals surface area contributed by atoms with E-state index in [2.05, 4.69) is 46.9 Å². The Hall–Kier alpha value is -4.82. The van der Waals surface area contributed by atoms with E-state index in [0.717, 1.165) is 52.0 Å². The monoisotopic (exact) mass is 653 g/mol. The van der Waals surface area contributed by atoms with Gasteiger partial charge in [-0.25, -0.2) is 23.4 Å². The number of tetrazole rings is 1. The van der Waals surface area contributed by atoms with Gasteiger partial charge in [0.1, 0.15) is 29.9 Å². The van der Waals surface area contributed by atoms with E-state index in [1.807, 2.05) is 6.92 Å². The molecule has 47 heavy (non-hydrogen) atoms. The van der Waals surface area contributed by atoms with E-state index in [-0.39, 0.29) is 29.7 Å². The highest BCUT2D eigenvalue weighted by atomic mass is 19.3. The highest BCUT2D eigenvalue weighted by Gasteiger charge is 2.30. The normalized spacial score (nSPS) is 17.7. The van der Waals surface area contributed by atoms with Crippen molar-refractivity contribution < 1.29 is 27.4 Å². The van der Waals surface area contributed by atoms with Gasteiger partial charge in [0.2, 0.25) is 5.95 Å². The van der Waals surface area contributed by atoms with Gasteiger partial charge in [0.15, 0.2) is 0 Å². The molecule has 1 N–H and O–H groups in total. The lowest BCUT2D eigenvalue weighted by atomic mass is 10.00. The van der Waals surface area contributed by atoms with Crippen LogP contribution in [0.1, 0.15) is 44.2 Å². The van der Waals surface area contributed by atoms with Crippen molar-refractivity contribution in [2.75, 3.05) is 31.6 Å². The van der Waals surface area contributed by atoms with Gasteiger partial charge in [-0.05, 0) is 60.7 Å². The molecule has 2 fully saturated rings. The summed E-state index contributed by atoms with van der Waals surface area (Å²) in [5.74, 6) is 0.197. The highest BCUT2D eigenvalue weighted by molar-refractivity contribution is 5.67. The number of nitrogens with zero attached hydrogens (tertiary/aromatic N) is 10. The molecule has 0 aliphatic carbocycles. The van der Waals surface area contributed by atoms with Crippen molar-refractivity contribution >= 4 is 11.6 Å². The van der Waals surface area contributed by atoms with Crippen LogP contribution in [0.5, 0.6) is 11.6 Å². The van der Waals surface area contributed by atoms with Gasteiger partial charge in [-0.3, -0.25) is 4.68 Å². The molecular weight excluding hydrogens is 619 g/mol. The fourth-order valence-corrected chi connectivity index (χ4v) is 5.79. The van der Waals surface area contributed by atoms with E-state index in [1.54, 1.807) is 41.5 Å². The standard InChI is InChI=1S/C30H34F3N11O3/c1-19(16-43-18-37-40-41-43)46-26-12-20(2-3-21(26)13-34)22-14-35-30(36-15-22)38-25-17-44(39-29(25)47-28(33)27(31)32)24-4-8-42(9-5-24)23-6-10-45-11-7-23/h2-3,12,14-15,17-19,23-24,27-28H,4-11,16H2,1H3,(H,35,36,38). The molecule has 4 aromatic rings. The van der Waals surface area contributed by atoms with Crippen molar-refractivity contribution in [1.29, 1.82) is 5.26 Å². The zero-order valence-electron chi connectivity index (χ0n) is 25.6. The molecule has 0 bridgehead atoms. The van der Waals surface area contributed by atoms with Crippen molar-refractivity contribution in [2.24, 2.45) is 0 Å². The van der Waals surface area contributed by atoms with Crippen LogP contribution in [0.4, 0.5) is 24.8 Å². The molecule has 1 aromatic carbocycles. The van der Waals surface area contributed by atoms with Crippen LogP contribution in [-0.4, -0.2) is 96.1 Å². The third-order valence-electron chi connectivity index (χ3n) is 8.20. The fraction of sp³-hybridized carbons (Fsp3) is 0.500. The van der Waals surface area contributed by atoms with Crippen molar-refractivity contribution in [1.82, 2.24) is 44.9 Å². The van der Waals surface area contributed by atoms with E-state index in [9.17, 15) is 18.4 Å². The van der Waals surface area contributed by atoms with Crippen LogP contribution in [0.25, 0.3) is 11.1 Å². The number of piperidine rings is 1. The molecular formula is C30H34F3N11O3. The fourth-order valence-electron chi connectivity index (χ4n) is 5.79. The summed E-state index contributed by atoms with van der Waals surface area (Å²) in [5.41, 5.74) is 1.84. The number of halogens is 3. The van der Waals surface area contributed by atoms with Gasteiger partial charge in [-0.2, -0.15) is 9.65 Å². The Balaban J connectivity index is 1.15. The summed E-state index contributed by atoms with van der Waals surface area (Å²) in [6.45, 7) is 5.47. The highest BCUT2D eigenvalue weighted by Crippen LogP contribution is 2.33. The quantitative estimate of drug-likeness (QED) is 0.234. The third kappa shape index (κ3) is 7.95. The number of likely N-dealkylation sites (tertiary alicyclic amines) is 1. The first-order valence-electron chi connectivity index (χ1n) is 15.4. The number of nitriles is 1. The summed E-state index contributed by atoms with van der Waals surface area (Å²) in [6, 6.07) is 7.72. The molecule has 2 aliphatic rings. The van der Waals surface area contributed by atoms with E-state index >= 15 is 0 Å². The number of benzene rings is 1. The van der Waals surface area contributed by atoms with E-state index in [4.69, 9.17) is 14.2 Å². The number of rotatable bonds is 12. The van der Waals surface area contributed by atoms with Gasteiger partial charge in [0.05, 0.1) is 24.3 Å². The zero-order valence-corrected chi connectivity index (χ0v) is 25.6. The maximum atomic E-state index is 14.0. The van der Waals surface area contributed by atoms with Crippen LogP contribution in [0.3, 0.4) is 0 Å². The molecule has 2 atom stereocenters. The summed E-state index contributed by atoms with van der Waals surface area (Å²) in [7, 11) is 0. The van der Waals surface area contributed by atoms with Gasteiger partial charge in [0, 0.05) is 50.3 Å². The topological polar surface area (TPSA) is 154 Å². The Morgan fingerprint density at radius 3 is 2.49 bits per heavy atom. The van der Waals surface area contributed by atoms with Crippen LogP contribution in [0.15, 0.2) is 43.1 Å². The Bertz CT molecular complexity index is 1630. The van der Waals surface area contributed by atoms with E-state index < -0.39 is 12.8 Å². The number of ether oxygens (including phenoxy) is 3. The van der Waals surface area contributed by atoms with Gasteiger partial charge in [-0.15, -0.1) is 10.2 Å². The maximum absolute atomic E-state index is 14.0. The Labute approximate surface area is 268 Å². The Morgan fingerprint density at radius 2 is 1.81 bits per heavy atom. The second-order valence-electron chi connectivity index (χ2n) is 11.4. The third-order valence-corrected chi connectivity index (χ3v) is 8.20. The van der Waals surface area contributed by atoms with Gasteiger partial charge in [0.25, 0.3) is 12.2 Å². The first kappa shape index (κ1) is 32.1. The average molecular weight is 654 g/mol. The van der Waals surface area contributed by atoms with Crippen LogP contribution >= 0.6 is 0 Å². The lowest BCUT2D eigenvalue weighted by Crippen LogP contribution is -2.44. The number of nitrogens with one attached hydrogen (secondary N) is 1. The number of hydrogen-bond acceptors (Lipinski definition) is 12. The molecule has 0 saturated carbocycles. The first-order valence-corrected chi connectivity index (χ1v) is 15.4. The lowest BCUT2D eigenvalue weighted by Gasteiger charge is -2.39. The summed E-state index contributed by atoms with van der Waals surface area (Å²) in [5, 5.41) is 27.9. The first-order chi connectivity index (χ1) is 22.9. The van der Waals surface area contributed by atoms with Gasteiger partial charge < -0.3 is 24.4 Å². The largest absolute Gasteiger partial charge is 0.487 e. The molecule has 17 heteroatoms. The van der Waals surface area contributed by atoms with Gasteiger partial charge >= 0.3 is 6.43 Å². The minimum atomic E-state index is -3.34. The molecule has 6 rings (SSSR count). The summed E-state index contributed by atoms with van der Waals surface area (Å²) < 4.78 is 59.7. The van der Waals surface area contributed by atoms with E-state index in [1.165, 1.54) is 11.0 Å². The predicted molar refractivity (Wildman–Crippen MR) is 161 cm³/mol. The molecule has 3 aromatic heterocycles. The molecule has 2 aliphatic heterocycles. The second kappa shape index (κ2) is 14.7. The zero-order chi connectivity index (χ0) is 32.8. The number of alkyl halides is 3. The predicted octanol–water partition coefficient (Wildman–Crippen LogP) is 4.16. The average Bonchev–Trinajstić information content (AvgIpc) is 3.75. The van der Waals surface area contributed by atoms with Crippen molar-refractivity contribution in [3.63, 3.8) is 0 Å². The molecule has 2 unspecified atom stereocenters. The van der Waals surface area contributed by atoms with Crippen molar-refractivity contribution in [2.45, 2.75) is 70.1 Å². The van der Waals surface area contributed by atoms with Crippen molar-refractivity contribution in [3.8, 4) is 28.8 Å². The van der Waals surface area contributed by atoms with Crippen LogP contribution < -0.4 is 14.8 Å². The number of hydrogen-bond donors (Lipinski definition) is 1. The summed E-state index contributed by atoms with van der Waals surface area (Å²) in [4.78, 5) is 11.2. The molecule has 0 amide bonds. The van der Waals surface area contributed by atoms with Crippen LogP contribution in [0.2, 0.25) is 0 Å².